The maximum atomic E-state index is 12.4. The number of carbonyl (C=O) groups excluding carboxylic acids is 1. The first-order valence-electron chi connectivity index (χ1n) is 7.71. The third-order valence-corrected chi connectivity index (χ3v) is 4.06. The lowest BCUT2D eigenvalue weighted by atomic mass is 10.1. The van der Waals surface area contributed by atoms with E-state index in [4.69, 9.17) is 0 Å². The van der Waals surface area contributed by atoms with E-state index in [1.165, 1.54) is 5.56 Å². The number of amides is 1. The van der Waals surface area contributed by atoms with Gasteiger partial charge in [-0.25, -0.2) is 4.98 Å². The molecule has 5 heteroatoms. The molecule has 22 heavy (non-hydrogen) atoms. The molecule has 0 atom stereocenters. The van der Waals surface area contributed by atoms with Gasteiger partial charge in [0.1, 0.15) is 0 Å². The van der Waals surface area contributed by atoms with Crippen molar-refractivity contribution in [3.63, 3.8) is 0 Å². The van der Waals surface area contributed by atoms with E-state index < -0.39 is 0 Å². The van der Waals surface area contributed by atoms with Crippen LogP contribution in [0.3, 0.4) is 0 Å². The highest BCUT2D eigenvalue weighted by atomic mass is 16.2. The molecule has 0 bridgehead atoms. The molecule has 0 saturated heterocycles. The Labute approximate surface area is 131 Å². The summed E-state index contributed by atoms with van der Waals surface area (Å²) in [5, 5.41) is 0. The lowest BCUT2D eigenvalue weighted by Crippen LogP contribution is -2.29. The van der Waals surface area contributed by atoms with E-state index in [0.717, 1.165) is 37.3 Å². The van der Waals surface area contributed by atoms with Crippen LogP contribution in [-0.4, -0.2) is 47.5 Å². The molecule has 1 aliphatic heterocycles. The van der Waals surface area contributed by atoms with E-state index in [0.29, 0.717) is 6.42 Å². The molecule has 0 fully saturated rings. The number of fused-ring (bicyclic) bond motifs is 1. The van der Waals surface area contributed by atoms with Gasteiger partial charge in [-0.2, -0.15) is 0 Å². The SMILES string of the molecule is CN(C)CCCC(=O)N1CCc2cc(-n3ccnc3)ccc21. The monoisotopic (exact) mass is 298 g/mol. The summed E-state index contributed by atoms with van der Waals surface area (Å²) in [7, 11) is 4.07. The largest absolute Gasteiger partial charge is 0.312 e. The van der Waals surface area contributed by atoms with Crippen molar-refractivity contribution in [3.8, 4) is 5.69 Å². The van der Waals surface area contributed by atoms with E-state index in [2.05, 4.69) is 22.0 Å². The summed E-state index contributed by atoms with van der Waals surface area (Å²) >= 11 is 0. The molecule has 0 aliphatic carbocycles. The van der Waals surface area contributed by atoms with Gasteiger partial charge in [0.05, 0.1) is 6.33 Å². The minimum Gasteiger partial charge on any atom is -0.312 e. The number of anilines is 1. The first-order valence-corrected chi connectivity index (χ1v) is 7.71. The zero-order valence-corrected chi connectivity index (χ0v) is 13.2. The Balaban J connectivity index is 1.71. The Bertz CT molecular complexity index is 649. The van der Waals surface area contributed by atoms with Gasteiger partial charge in [0.15, 0.2) is 0 Å². The van der Waals surface area contributed by atoms with Crippen LogP contribution in [0.4, 0.5) is 5.69 Å². The van der Waals surface area contributed by atoms with E-state index in [9.17, 15) is 4.79 Å². The van der Waals surface area contributed by atoms with Crippen molar-refractivity contribution in [2.24, 2.45) is 0 Å². The van der Waals surface area contributed by atoms with Gasteiger partial charge < -0.3 is 14.4 Å². The second kappa shape index (κ2) is 6.32. The number of rotatable bonds is 5. The minimum atomic E-state index is 0.232. The molecule has 2 aromatic rings. The molecule has 116 valence electrons. The summed E-state index contributed by atoms with van der Waals surface area (Å²) < 4.78 is 1.99. The molecule has 2 heterocycles. The highest BCUT2D eigenvalue weighted by molar-refractivity contribution is 5.95. The number of imidazole rings is 1. The Morgan fingerprint density at radius 2 is 2.23 bits per heavy atom. The second-order valence-corrected chi connectivity index (χ2v) is 5.99. The van der Waals surface area contributed by atoms with Crippen LogP contribution in [0.2, 0.25) is 0 Å². The molecule has 3 rings (SSSR count). The lowest BCUT2D eigenvalue weighted by molar-refractivity contribution is -0.118. The van der Waals surface area contributed by atoms with E-state index in [-0.39, 0.29) is 5.91 Å². The maximum absolute atomic E-state index is 12.4. The summed E-state index contributed by atoms with van der Waals surface area (Å²) in [6.45, 7) is 1.75. The Kier molecular flexibility index (Phi) is 4.24. The third-order valence-electron chi connectivity index (χ3n) is 4.06. The van der Waals surface area contributed by atoms with Crippen molar-refractivity contribution in [1.82, 2.24) is 14.5 Å². The van der Waals surface area contributed by atoms with Gasteiger partial charge in [-0.1, -0.05) is 0 Å². The van der Waals surface area contributed by atoms with Crippen molar-refractivity contribution in [2.45, 2.75) is 19.3 Å². The summed E-state index contributed by atoms with van der Waals surface area (Å²) in [5.74, 6) is 0.232. The van der Waals surface area contributed by atoms with Crippen molar-refractivity contribution in [3.05, 3.63) is 42.5 Å². The van der Waals surface area contributed by atoms with Crippen molar-refractivity contribution in [2.75, 3.05) is 32.1 Å². The number of benzene rings is 1. The van der Waals surface area contributed by atoms with E-state index in [1.807, 2.05) is 35.8 Å². The topological polar surface area (TPSA) is 41.4 Å². The van der Waals surface area contributed by atoms with Gasteiger partial charge in [-0.05, 0) is 57.2 Å². The Hall–Kier alpha value is -2.14. The molecular weight excluding hydrogens is 276 g/mol. The predicted octanol–water partition coefficient (Wildman–Crippen LogP) is 2.10. The fourth-order valence-electron chi connectivity index (χ4n) is 2.90. The average Bonchev–Trinajstić information content (AvgIpc) is 3.15. The first-order chi connectivity index (χ1) is 10.6. The highest BCUT2D eigenvalue weighted by Crippen LogP contribution is 2.30. The van der Waals surface area contributed by atoms with Gasteiger partial charge in [0.2, 0.25) is 5.91 Å². The van der Waals surface area contributed by atoms with Gasteiger partial charge in [0, 0.05) is 36.7 Å². The fraction of sp³-hybridized carbons (Fsp3) is 0.412. The molecule has 1 amide bonds. The second-order valence-electron chi connectivity index (χ2n) is 5.99. The standard InChI is InChI=1S/C17H22N4O/c1-19(2)9-3-4-17(22)21-10-7-14-12-15(5-6-16(14)21)20-11-8-18-13-20/h5-6,8,11-13H,3-4,7,9-10H2,1-2H3. The molecule has 0 N–H and O–H groups in total. The summed E-state index contributed by atoms with van der Waals surface area (Å²) in [6, 6.07) is 6.26. The average molecular weight is 298 g/mol. The number of carbonyl (C=O) groups is 1. The quantitative estimate of drug-likeness (QED) is 0.849. The van der Waals surface area contributed by atoms with Crippen LogP contribution >= 0.6 is 0 Å². The molecule has 5 nitrogen and oxygen atoms in total. The predicted molar refractivity (Wildman–Crippen MR) is 87.4 cm³/mol. The molecule has 0 saturated carbocycles. The van der Waals surface area contributed by atoms with E-state index >= 15 is 0 Å². The summed E-state index contributed by atoms with van der Waals surface area (Å²) in [4.78, 5) is 20.5. The summed E-state index contributed by atoms with van der Waals surface area (Å²) in [6.07, 6.45) is 7.94. The molecule has 1 aromatic heterocycles. The Morgan fingerprint density at radius 1 is 1.36 bits per heavy atom. The van der Waals surface area contributed by atoms with Crippen LogP contribution < -0.4 is 4.90 Å². The molecule has 1 aromatic carbocycles. The number of hydrogen-bond acceptors (Lipinski definition) is 3. The van der Waals surface area contributed by atoms with Crippen molar-refractivity contribution in [1.29, 1.82) is 0 Å². The van der Waals surface area contributed by atoms with Gasteiger partial charge in [-0.15, -0.1) is 0 Å². The zero-order chi connectivity index (χ0) is 15.5. The van der Waals surface area contributed by atoms with Crippen LogP contribution in [0.25, 0.3) is 5.69 Å². The number of nitrogens with zero attached hydrogens (tertiary/aromatic N) is 4. The van der Waals surface area contributed by atoms with Gasteiger partial charge in [0.25, 0.3) is 0 Å². The number of hydrogen-bond donors (Lipinski definition) is 0. The molecule has 0 unspecified atom stereocenters. The van der Waals surface area contributed by atoms with Crippen molar-refractivity contribution >= 4 is 11.6 Å². The first kappa shape index (κ1) is 14.8. The Morgan fingerprint density at radius 3 is 2.95 bits per heavy atom. The van der Waals surface area contributed by atoms with E-state index in [1.54, 1.807) is 12.5 Å². The molecule has 1 aliphatic rings. The molecule has 0 radical (unpaired) electrons. The molecule has 0 spiro atoms. The van der Waals surface area contributed by atoms with Gasteiger partial charge >= 0.3 is 0 Å². The third kappa shape index (κ3) is 3.04. The zero-order valence-electron chi connectivity index (χ0n) is 13.2. The smallest absolute Gasteiger partial charge is 0.227 e. The summed E-state index contributed by atoms with van der Waals surface area (Å²) in [5.41, 5.74) is 3.41. The van der Waals surface area contributed by atoms with Crippen LogP contribution in [0.15, 0.2) is 36.9 Å². The molecular formula is C17H22N4O. The van der Waals surface area contributed by atoms with Crippen molar-refractivity contribution < 1.29 is 4.79 Å². The lowest BCUT2D eigenvalue weighted by Gasteiger charge is -2.18. The normalized spacial score (nSPS) is 13.7. The number of aromatic nitrogens is 2. The highest BCUT2D eigenvalue weighted by Gasteiger charge is 2.24. The van der Waals surface area contributed by atoms with Crippen LogP contribution in [0.1, 0.15) is 18.4 Å². The minimum absolute atomic E-state index is 0.232. The van der Waals surface area contributed by atoms with Crippen LogP contribution in [0.5, 0.6) is 0 Å². The van der Waals surface area contributed by atoms with Crippen LogP contribution in [-0.2, 0) is 11.2 Å². The van der Waals surface area contributed by atoms with Gasteiger partial charge in [-0.3, -0.25) is 4.79 Å². The van der Waals surface area contributed by atoms with Crippen LogP contribution in [0, 0.1) is 0 Å². The fourth-order valence-corrected chi connectivity index (χ4v) is 2.90. The maximum Gasteiger partial charge on any atom is 0.227 e.